The van der Waals surface area contributed by atoms with E-state index in [1.165, 1.54) is 6.92 Å². The molecule has 6 heteroatoms. The van der Waals surface area contributed by atoms with Crippen LogP contribution >= 0.6 is 0 Å². The summed E-state index contributed by atoms with van der Waals surface area (Å²) >= 11 is 0. The highest BCUT2D eigenvalue weighted by molar-refractivity contribution is 5.94. The van der Waals surface area contributed by atoms with Crippen molar-refractivity contribution in [3.05, 3.63) is 71.3 Å². The van der Waals surface area contributed by atoms with Crippen molar-refractivity contribution in [3.8, 4) is 0 Å². The number of hydrogen-bond acceptors (Lipinski definition) is 3. The maximum Gasteiger partial charge on any atom is 0.253 e. The van der Waals surface area contributed by atoms with Crippen LogP contribution < -0.4 is 5.32 Å². The molecule has 0 radical (unpaired) electrons. The van der Waals surface area contributed by atoms with Gasteiger partial charge in [-0.3, -0.25) is 14.4 Å². The predicted molar refractivity (Wildman–Crippen MR) is 111 cm³/mol. The van der Waals surface area contributed by atoms with Gasteiger partial charge in [-0.2, -0.15) is 0 Å². The highest BCUT2D eigenvalue weighted by atomic mass is 16.2. The van der Waals surface area contributed by atoms with E-state index in [4.69, 9.17) is 0 Å². The van der Waals surface area contributed by atoms with Crippen molar-refractivity contribution in [1.29, 1.82) is 0 Å². The van der Waals surface area contributed by atoms with Crippen LogP contribution in [0.5, 0.6) is 0 Å². The quantitative estimate of drug-likeness (QED) is 0.849. The van der Waals surface area contributed by atoms with E-state index in [1.807, 2.05) is 49.4 Å². The summed E-state index contributed by atoms with van der Waals surface area (Å²) < 4.78 is 0. The molecule has 2 aromatic rings. The number of nitrogens with one attached hydrogen (secondary N) is 1. The van der Waals surface area contributed by atoms with Crippen LogP contribution in [-0.2, 0) is 9.59 Å². The fraction of sp³-hybridized carbons (Fsp3) is 0.348. The largest absolute Gasteiger partial charge is 0.349 e. The molecule has 2 aromatic carbocycles. The molecule has 0 saturated carbocycles. The van der Waals surface area contributed by atoms with Gasteiger partial charge < -0.3 is 15.1 Å². The van der Waals surface area contributed by atoms with Crippen molar-refractivity contribution in [2.45, 2.75) is 26.3 Å². The van der Waals surface area contributed by atoms with Crippen molar-refractivity contribution in [3.63, 3.8) is 0 Å². The summed E-state index contributed by atoms with van der Waals surface area (Å²) in [6, 6.07) is 16.7. The van der Waals surface area contributed by atoms with Crippen molar-refractivity contribution in [2.24, 2.45) is 0 Å². The summed E-state index contributed by atoms with van der Waals surface area (Å²) in [4.78, 5) is 40.6. The molecule has 1 atom stereocenters. The molecule has 3 amide bonds. The van der Waals surface area contributed by atoms with Crippen LogP contribution in [0.4, 0.5) is 0 Å². The smallest absolute Gasteiger partial charge is 0.253 e. The summed E-state index contributed by atoms with van der Waals surface area (Å²) in [6.45, 7) is 5.47. The molecule has 3 rings (SSSR count). The minimum atomic E-state index is -0.357. The molecular formula is C23H27N3O3. The molecule has 1 unspecified atom stereocenters. The molecule has 1 N–H and O–H groups in total. The predicted octanol–water partition coefficient (Wildman–Crippen LogP) is 2.55. The molecule has 0 aliphatic carbocycles. The van der Waals surface area contributed by atoms with Crippen LogP contribution in [0, 0.1) is 6.92 Å². The van der Waals surface area contributed by atoms with E-state index in [0.717, 1.165) is 11.1 Å². The van der Waals surface area contributed by atoms with E-state index in [-0.39, 0.29) is 30.2 Å². The molecule has 0 bridgehead atoms. The zero-order valence-corrected chi connectivity index (χ0v) is 16.9. The normalized spacial score (nSPS) is 15.0. The molecule has 0 spiro atoms. The number of carbonyl (C=O) groups is 3. The average Bonchev–Trinajstić information content (AvgIpc) is 2.73. The Bertz CT molecular complexity index is 857. The Kier molecular flexibility index (Phi) is 6.65. The number of nitrogens with zero attached hydrogens (tertiary/aromatic N) is 2. The third-order valence-electron chi connectivity index (χ3n) is 5.18. The Morgan fingerprint density at radius 2 is 1.48 bits per heavy atom. The van der Waals surface area contributed by atoms with Gasteiger partial charge in [-0.25, -0.2) is 0 Å². The Morgan fingerprint density at radius 3 is 2.07 bits per heavy atom. The van der Waals surface area contributed by atoms with Gasteiger partial charge in [-0.05, 0) is 24.6 Å². The van der Waals surface area contributed by atoms with Crippen molar-refractivity contribution < 1.29 is 14.4 Å². The van der Waals surface area contributed by atoms with Crippen LogP contribution in [0.3, 0.4) is 0 Å². The summed E-state index contributed by atoms with van der Waals surface area (Å²) in [5.41, 5.74) is 2.70. The number of rotatable bonds is 5. The second-order valence-corrected chi connectivity index (χ2v) is 7.41. The van der Waals surface area contributed by atoms with Gasteiger partial charge in [-0.1, -0.05) is 48.0 Å². The van der Waals surface area contributed by atoms with Crippen molar-refractivity contribution in [2.75, 3.05) is 26.2 Å². The van der Waals surface area contributed by atoms with Gasteiger partial charge in [0.25, 0.3) is 5.91 Å². The second-order valence-electron chi connectivity index (χ2n) is 7.41. The lowest BCUT2D eigenvalue weighted by atomic mass is 10.0. The highest BCUT2D eigenvalue weighted by Gasteiger charge is 2.27. The fourth-order valence-electron chi connectivity index (χ4n) is 3.52. The molecule has 1 aliphatic rings. The monoisotopic (exact) mass is 393 g/mol. The van der Waals surface area contributed by atoms with Gasteiger partial charge in [0.05, 0.1) is 12.5 Å². The van der Waals surface area contributed by atoms with Crippen LogP contribution in [0.25, 0.3) is 0 Å². The average molecular weight is 393 g/mol. The maximum atomic E-state index is 12.8. The number of carbonyl (C=O) groups excluding carboxylic acids is 3. The minimum absolute atomic E-state index is 0.00604. The molecule has 1 fully saturated rings. The summed E-state index contributed by atoms with van der Waals surface area (Å²) in [6.07, 6.45) is 0.204. The second kappa shape index (κ2) is 9.37. The van der Waals surface area contributed by atoms with Gasteiger partial charge in [0, 0.05) is 38.7 Å². The first-order valence-corrected chi connectivity index (χ1v) is 9.90. The number of hydrogen-bond donors (Lipinski definition) is 1. The molecule has 1 heterocycles. The zero-order valence-electron chi connectivity index (χ0n) is 16.9. The first-order valence-electron chi connectivity index (χ1n) is 9.90. The lowest BCUT2D eigenvalue weighted by Gasteiger charge is -2.35. The molecule has 29 heavy (non-hydrogen) atoms. The SMILES string of the molecule is CC(=O)NC(CC(=O)N1CCN(C(=O)c2ccccc2)CC1)c1ccc(C)cc1. The van der Waals surface area contributed by atoms with E-state index in [1.54, 1.807) is 21.9 Å². The fourth-order valence-corrected chi connectivity index (χ4v) is 3.52. The summed E-state index contributed by atoms with van der Waals surface area (Å²) in [5.74, 6) is -0.189. The first kappa shape index (κ1) is 20.6. The molecule has 1 aliphatic heterocycles. The molecule has 152 valence electrons. The number of aryl methyl sites for hydroxylation is 1. The van der Waals surface area contributed by atoms with E-state index >= 15 is 0 Å². The lowest BCUT2D eigenvalue weighted by molar-refractivity contribution is -0.133. The first-order chi connectivity index (χ1) is 13.9. The van der Waals surface area contributed by atoms with Gasteiger partial charge in [0.2, 0.25) is 11.8 Å². The molecule has 0 aromatic heterocycles. The van der Waals surface area contributed by atoms with Gasteiger partial charge in [0.15, 0.2) is 0 Å². The van der Waals surface area contributed by atoms with Crippen LogP contribution in [0.1, 0.15) is 40.9 Å². The summed E-state index contributed by atoms with van der Waals surface area (Å²) in [7, 11) is 0. The van der Waals surface area contributed by atoms with E-state index in [9.17, 15) is 14.4 Å². The number of benzene rings is 2. The van der Waals surface area contributed by atoms with Crippen molar-refractivity contribution in [1.82, 2.24) is 15.1 Å². The molecule has 1 saturated heterocycles. The standard InChI is InChI=1S/C23H27N3O3/c1-17-8-10-19(11-9-17)21(24-18(2)27)16-22(28)25-12-14-26(15-13-25)23(29)20-6-4-3-5-7-20/h3-11,21H,12-16H2,1-2H3,(H,24,27). The highest BCUT2D eigenvalue weighted by Crippen LogP contribution is 2.20. The Labute approximate surface area is 171 Å². The maximum absolute atomic E-state index is 12.8. The minimum Gasteiger partial charge on any atom is -0.349 e. The Hall–Kier alpha value is -3.15. The molecular weight excluding hydrogens is 366 g/mol. The van der Waals surface area contributed by atoms with E-state index in [0.29, 0.717) is 31.7 Å². The Balaban J connectivity index is 1.59. The van der Waals surface area contributed by atoms with Crippen molar-refractivity contribution >= 4 is 17.7 Å². The van der Waals surface area contributed by atoms with Crippen LogP contribution in [-0.4, -0.2) is 53.7 Å². The van der Waals surface area contributed by atoms with Gasteiger partial charge >= 0.3 is 0 Å². The number of piperazine rings is 1. The third kappa shape index (κ3) is 5.44. The molecule has 6 nitrogen and oxygen atoms in total. The zero-order chi connectivity index (χ0) is 20.8. The number of amides is 3. The van der Waals surface area contributed by atoms with E-state index in [2.05, 4.69) is 5.32 Å². The summed E-state index contributed by atoms with van der Waals surface area (Å²) in [5, 5.41) is 2.88. The topological polar surface area (TPSA) is 69.7 Å². The lowest BCUT2D eigenvalue weighted by Crippen LogP contribution is -2.51. The van der Waals surface area contributed by atoms with Gasteiger partial charge in [-0.15, -0.1) is 0 Å². The van der Waals surface area contributed by atoms with Crippen LogP contribution in [0.2, 0.25) is 0 Å². The van der Waals surface area contributed by atoms with Crippen LogP contribution in [0.15, 0.2) is 54.6 Å². The Morgan fingerprint density at radius 1 is 0.897 bits per heavy atom. The van der Waals surface area contributed by atoms with E-state index < -0.39 is 0 Å². The third-order valence-corrected chi connectivity index (χ3v) is 5.18. The van der Waals surface area contributed by atoms with Gasteiger partial charge in [0.1, 0.15) is 0 Å².